The summed E-state index contributed by atoms with van der Waals surface area (Å²) in [6.07, 6.45) is 0.887. The van der Waals surface area contributed by atoms with Crippen LogP contribution in [0.5, 0.6) is 0 Å². The second-order valence-electron chi connectivity index (χ2n) is 6.46. The van der Waals surface area contributed by atoms with Gasteiger partial charge in [-0.15, -0.1) is 0 Å². The van der Waals surface area contributed by atoms with Gasteiger partial charge in [0.05, 0.1) is 19.2 Å². The lowest BCUT2D eigenvalue weighted by molar-refractivity contribution is -0.145. The first-order valence-electron chi connectivity index (χ1n) is 8.76. The number of ether oxygens (including phenoxy) is 1. The molecule has 1 heterocycles. The van der Waals surface area contributed by atoms with Gasteiger partial charge in [0.1, 0.15) is 6.04 Å². The van der Waals surface area contributed by atoms with Crippen LogP contribution in [0.4, 0.5) is 0 Å². The summed E-state index contributed by atoms with van der Waals surface area (Å²) in [4.78, 5) is 27.6. The molecule has 1 aliphatic heterocycles. The van der Waals surface area contributed by atoms with Gasteiger partial charge in [-0.3, -0.25) is 4.79 Å². The fourth-order valence-corrected chi connectivity index (χ4v) is 3.35. The van der Waals surface area contributed by atoms with E-state index in [4.69, 9.17) is 10.3 Å². The Balaban J connectivity index is 1.76. The number of carbonyl (C=O) groups is 2. The van der Waals surface area contributed by atoms with E-state index in [-0.39, 0.29) is 5.91 Å². The Morgan fingerprint density at radius 1 is 1.33 bits per heavy atom. The minimum Gasteiger partial charge on any atom is -0.467 e. The molecular weight excluding hydrogens is 346 g/mol. The third-order valence-corrected chi connectivity index (χ3v) is 4.73. The summed E-state index contributed by atoms with van der Waals surface area (Å²) in [5.41, 5.74) is 9.55. The molecular formula is C19H21N5O3. The van der Waals surface area contributed by atoms with Crippen LogP contribution < -0.4 is 10.6 Å². The standard InChI is InChI=1S/C19H21N5O3/c1-27-19(26)16(22-18(25)17-15(23-24-20)8-9-21-17)11-12-6-7-13-4-2-3-5-14(13)10-12/h2-7,10,15-17,21H,8-9,11H2,1H3,(H,22,25)/t15-,16?,17+/m1/s1. The first kappa shape index (κ1) is 18.7. The predicted octanol–water partition coefficient (Wildman–Crippen LogP) is 2.08. The molecule has 0 saturated carbocycles. The van der Waals surface area contributed by atoms with Crippen molar-refractivity contribution in [1.82, 2.24) is 10.6 Å². The number of hydrogen-bond acceptors (Lipinski definition) is 5. The molecule has 0 radical (unpaired) electrons. The van der Waals surface area contributed by atoms with Gasteiger partial charge >= 0.3 is 5.97 Å². The molecule has 8 nitrogen and oxygen atoms in total. The number of fused-ring (bicyclic) bond motifs is 1. The van der Waals surface area contributed by atoms with E-state index in [0.717, 1.165) is 16.3 Å². The van der Waals surface area contributed by atoms with Gasteiger partial charge in [-0.25, -0.2) is 4.79 Å². The van der Waals surface area contributed by atoms with Gasteiger partial charge in [0.2, 0.25) is 5.91 Å². The fraction of sp³-hybridized carbons (Fsp3) is 0.368. The molecule has 2 aromatic carbocycles. The number of amides is 1. The molecule has 2 N–H and O–H groups in total. The highest BCUT2D eigenvalue weighted by molar-refractivity contribution is 5.89. The van der Waals surface area contributed by atoms with E-state index in [1.807, 2.05) is 42.5 Å². The van der Waals surface area contributed by atoms with E-state index in [1.165, 1.54) is 7.11 Å². The van der Waals surface area contributed by atoms with Crippen molar-refractivity contribution in [3.8, 4) is 0 Å². The highest BCUT2D eigenvalue weighted by Gasteiger charge is 2.34. The molecule has 0 aliphatic carbocycles. The number of esters is 1. The van der Waals surface area contributed by atoms with Gasteiger partial charge in [-0.2, -0.15) is 0 Å². The van der Waals surface area contributed by atoms with Crippen molar-refractivity contribution in [3.05, 3.63) is 58.5 Å². The number of hydrogen-bond donors (Lipinski definition) is 2. The molecule has 1 aliphatic rings. The molecule has 2 aromatic rings. The van der Waals surface area contributed by atoms with Crippen molar-refractivity contribution in [1.29, 1.82) is 0 Å². The first-order chi connectivity index (χ1) is 13.1. The Kier molecular flexibility index (Phi) is 5.90. The van der Waals surface area contributed by atoms with E-state index < -0.39 is 24.1 Å². The van der Waals surface area contributed by atoms with Crippen LogP contribution in [0, 0.1) is 0 Å². The van der Waals surface area contributed by atoms with Crippen molar-refractivity contribution >= 4 is 22.6 Å². The SMILES string of the molecule is COC(=O)C(Cc1ccc2ccccc2c1)NC(=O)[C@H]1NCC[C@H]1N=[N+]=[N-]. The van der Waals surface area contributed by atoms with Gasteiger partial charge < -0.3 is 15.4 Å². The van der Waals surface area contributed by atoms with Gasteiger partial charge in [0.25, 0.3) is 0 Å². The average molecular weight is 367 g/mol. The van der Waals surface area contributed by atoms with Crippen molar-refractivity contribution in [2.24, 2.45) is 5.11 Å². The number of rotatable bonds is 6. The minimum atomic E-state index is -0.822. The second kappa shape index (κ2) is 8.53. The molecule has 1 fully saturated rings. The number of nitrogens with zero attached hydrogens (tertiary/aromatic N) is 3. The third-order valence-electron chi connectivity index (χ3n) is 4.73. The number of methoxy groups -OCH3 is 1. The molecule has 1 amide bonds. The summed E-state index contributed by atoms with van der Waals surface area (Å²) >= 11 is 0. The summed E-state index contributed by atoms with van der Waals surface area (Å²) < 4.78 is 4.85. The molecule has 0 spiro atoms. The lowest BCUT2D eigenvalue weighted by Gasteiger charge is -2.21. The molecule has 0 aromatic heterocycles. The van der Waals surface area contributed by atoms with E-state index in [0.29, 0.717) is 19.4 Å². The first-order valence-corrected chi connectivity index (χ1v) is 8.76. The minimum absolute atomic E-state index is 0.308. The maximum atomic E-state index is 12.6. The average Bonchev–Trinajstić information content (AvgIpc) is 3.15. The monoisotopic (exact) mass is 367 g/mol. The molecule has 140 valence electrons. The molecule has 3 atom stereocenters. The Morgan fingerprint density at radius 3 is 2.85 bits per heavy atom. The normalized spacial score (nSPS) is 19.9. The predicted molar refractivity (Wildman–Crippen MR) is 101 cm³/mol. The van der Waals surface area contributed by atoms with E-state index >= 15 is 0 Å². The van der Waals surface area contributed by atoms with Crippen LogP contribution in [0.15, 0.2) is 47.6 Å². The van der Waals surface area contributed by atoms with Crippen molar-refractivity contribution < 1.29 is 14.3 Å². The van der Waals surface area contributed by atoms with E-state index in [2.05, 4.69) is 20.7 Å². The smallest absolute Gasteiger partial charge is 0.328 e. The second-order valence-corrected chi connectivity index (χ2v) is 6.46. The molecule has 3 rings (SSSR count). The summed E-state index contributed by atoms with van der Waals surface area (Å²) in [5.74, 6) is -0.893. The quantitative estimate of drug-likeness (QED) is 0.352. The van der Waals surface area contributed by atoms with Crippen LogP contribution in [-0.2, 0) is 20.7 Å². The van der Waals surface area contributed by atoms with Gasteiger partial charge in [-0.05, 0) is 34.8 Å². The van der Waals surface area contributed by atoms with Crippen LogP contribution in [0.25, 0.3) is 21.2 Å². The topological polar surface area (TPSA) is 116 Å². The highest BCUT2D eigenvalue weighted by atomic mass is 16.5. The number of azide groups is 1. The van der Waals surface area contributed by atoms with Gasteiger partial charge in [0.15, 0.2) is 0 Å². The molecule has 27 heavy (non-hydrogen) atoms. The number of nitrogens with one attached hydrogen (secondary N) is 2. The lowest BCUT2D eigenvalue weighted by atomic mass is 10.0. The molecule has 1 saturated heterocycles. The number of benzene rings is 2. The fourth-order valence-electron chi connectivity index (χ4n) is 3.35. The molecule has 0 bridgehead atoms. The summed E-state index contributed by atoms with van der Waals surface area (Å²) in [6, 6.07) is 11.9. The van der Waals surface area contributed by atoms with Crippen LogP contribution >= 0.6 is 0 Å². The zero-order valence-electron chi connectivity index (χ0n) is 15.0. The van der Waals surface area contributed by atoms with Crippen molar-refractivity contribution in [3.63, 3.8) is 0 Å². The van der Waals surface area contributed by atoms with E-state index in [1.54, 1.807) is 0 Å². The zero-order valence-corrected chi connectivity index (χ0v) is 15.0. The summed E-state index contributed by atoms with van der Waals surface area (Å²) in [7, 11) is 1.29. The van der Waals surface area contributed by atoms with Crippen LogP contribution in [0.2, 0.25) is 0 Å². The van der Waals surface area contributed by atoms with Crippen LogP contribution in [0.1, 0.15) is 12.0 Å². The summed E-state index contributed by atoms with van der Waals surface area (Å²) in [5, 5.41) is 11.6. The molecule has 1 unspecified atom stereocenters. The Morgan fingerprint density at radius 2 is 2.11 bits per heavy atom. The van der Waals surface area contributed by atoms with Crippen LogP contribution in [0.3, 0.4) is 0 Å². The third kappa shape index (κ3) is 4.36. The number of carbonyl (C=O) groups excluding carboxylic acids is 2. The van der Waals surface area contributed by atoms with Gasteiger partial charge in [-0.1, -0.05) is 47.6 Å². The summed E-state index contributed by atoms with van der Waals surface area (Å²) in [6.45, 7) is 0.579. The maximum Gasteiger partial charge on any atom is 0.328 e. The zero-order chi connectivity index (χ0) is 19.2. The molecule has 8 heteroatoms. The van der Waals surface area contributed by atoms with E-state index in [9.17, 15) is 9.59 Å². The van der Waals surface area contributed by atoms with Crippen molar-refractivity contribution in [2.45, 2.75) is 31.0 Å². The Labute approximate surface area is 156 Å². The lowest BCUT2D eigenvalue weighted by Crippen LogP contribution is -2.52. The van der Waals surface area contributed by atoms with Crippen LogP contribution in [-0.4, -0.2) is 43.7 Å². The maximum absolute atomic E-state index is 12.6. The Hall–Kier alpha value is -3.09. The van der Waals surface area contributed by atoms with Crippen molar-refractivity contribution in [2.75, 3.05) is 13.7 Å². The largest absolute Gasteiger partial charge is 0.467 e. The Bertz CT molecular complexity index is 894. The highest BCUT2D eigenvalue weighted by Crippen LogP contribution is 2.17. The van der Waals surface area contributed by atoms with Gasteiger partial charge in [0, 0.05) is 11.3 Å².